The highest BCUT2D eigenvalue weighted by molar-refractivity contribution is 5.35. The maximum atomic E-state index is 16.0. The Hall–Kier alpha value is -1.93. The molecule has 1 fully saturated rings. The number of hydroxylamine groups is 2. The summed E-state index contributed by atoms with van der Waals surface area (Å²) in [6, 6.07) is 4.32. The normalized spacial score (nSPS) is 21.9. The molecule has 0 N–H and O–H groups in total. The molecule has 31 heavy (non-hydrogen) atoms. The number of benzene rings is 1. The van der Waals surface area contributed by atoms with Crippen molar-refractivity contribution in [3.8, 4) is 6.07 Å². The van der Waals surface area contributed by atoms with Crippen LogP contribution in [0.3, 0.4) is 0 Å². The topological polar surface area (TPSA) is 36.3 Å². The van der Waals surface area contributed by atoms with Gasteiger partial charge in [-0.05, 0) is 59.1 Å². The van der Waals surface area contributed by atoms with Crippen molar-refractivity contribution < 1.29 is 40.0 Å². The van der Waals surface area contributed by atoms with Crippen molar-refractivity contribution in [3.63, 3.8) is 0 Å². The molecule has 0 saturated carbocycles. The molecule has 0 aromatic heterocycles. The van der Waals surface area contributed by atoms with E-state index in [0.717, 1.165) is 17.2 Å². The molecule has 1 heterocycles. The summed E-state index contributed by atoms with van der Waals surface area (Å²) in [5.41, 5.74) is -3.74. The lowest BCUT2D eigenvalue weighted by molar-refractivity contribution is -0.471. The first-order valence-electron chi connectivity index (χ1n) is 9.35. The number of halogens is 8. The molecule has 0 bridgehead atoms. The van der Waals surface area contributed by atoms with Crippen LogP contribution in [0.4, 0.5) is 35.1 Å². The maximum absolute atomic E-state index is 16.0. The highest BCUT2D eigenvalue weighted by atomic mass is 19.4. The molecule has 0 aliphatic carbocycles. The Kier molecular flexibility index (Phi) is 6.20. The van der Waals surface area contributed by atoms with Crippen molar-refractivity contribution in [2.75, 3.05) is 0 Å². The van der Waals surface area contributed by atoms with Crippen molar-refractivity contribution in [3.05, 3.63) is 35.4 Å². The summed E-state index contributed by atoms with van der Waals surface area (Å²) in [7, 11) is 0. The van der Waals surface area contributed by atoms with Crippen LogP contribution in [-0.2, 0) is 10.7 Å². The van der Waals surface area contributed by atoms with Gasteiger partial charge in [-0.1, -0.05) is 12.1 Å². The highest BCUT2D eigenvalue weighted by Crippen LogP contribution is 2.58. The third-order valence-electron chi connectivity index (χ3n) is 5.43. The van der Waals surface area contributed by atoms with E-state index in [1.54, 1.807) is 6.07 Å². The molecule has 1 aliphatic rings. The van der Waals surface area contributed by atoms with Crippen LogP contribution < -0.4 is 0 Å². The fourth-order valence-corrected chi connectivity index (χ4v) is 3.78. The van der Waals surface area contributed by atoms with E-state index in [4.69, 9.17) is 10.1 Å². The lowest BCUT2D eigenvalue weighted by Crippen LogP contribution is -2.67. The molecule has 2 rings (SSSR count). The van der Waals surface area contributed by atoms with Crippen LogP contribution in [0.5, 0.6) is 0 Å². The highest BCUT2D eigenvalue weighted by Gasteiger charge is 2.82. The second kappa shape index (κ2) is 7.59. The Labute approximate surface area is 174 Å². The molecule has 174 valence electrons. The van der Waals surface area contributed by atoms with Crippen molar-refractivity contribution in [1.29, 1.82) is 5.26 Å². The van der Waals surface area contributed by atoms with Gasteiger partial charge in [0.25, 0.3) is 0 Å². The van der Waals surface area contributed by atoms with Crippen LogP contribution in [0.15, 0.2) is 24.3 Å². The van der Waals surface area contributed by atoms with Crippen LogP contribution in [0.1, 0.15) is 58.1 Å². The molecular weight excluding hydrogens is 436 g/mol. The third-order valence-corrected chi connectivity index (χ3v) is 5.43. The first kappa shape index (κ1) is 25.3. The number of hydrogen-bond donors (Lipinski definition) is 0. The Balaban J connectivity index is 2.72. The van der Waals surface area contributed by atoms with Crippen LogP contribution in [0.25, 0.3) is 0 Å². The van der Waals surface area contributed by atoms with Gasteiger partial charge in [-0.25, -0.2) is 4.84 Å². The van der Waals surface area contributed by atoms with E-state index in [1.807, 2.05) is 0 Å². The van der Waals surface area contributed by atoms with Crippen LogP contribution in [0.2, 0.25) is 0 Å². The van der Waals surface area contributed by atoms with Crippen molar-refractivity contribution in [1.82, 2.24) is 5.06 Å². The first-order chi connectivity index (χ1) is 13.8. The first-order valence-corrected chi connectivity index (χ1v) is 9.35. The van der Waals surface area contributed by atoms with Gasteiger partial charge in [0.1, 0.15) is 0 Å². The number of nitriles is 1. The minimum Gasteiger partial charge on any atom is -0.246 e. The Bertz CT molecular complexity index is 826. The van der Waals surface area contributed by atoms with Crippen molar-refractivity contribution in [2.24, 2.45) is 0 Å². The Morgan fingerprint density at radius 3 is 1.68 bits per heavy atom. The zero-order valence-electron chi connectivity index (χ0n) is 17.3. The molecule has 1 aromatic rings. The summed E-state index contributed by atoms with van der Waals surface area (Å²) in [6.07, 6.45) is -5.59. The number of nitrogens with zero attached hydrogens (tertiary/aromatic N) is 2. The summed E-state index contributed by atoms with van der Waals surface area (Å²) >= 11 is 0. The fourth-order valence-electron chi connectivity index (χ4n) is 3.78. The SMILES string of the molecule is CC1(C)CCCC(C)(C)N1OC(F)(c1ccc(C#N)cc1)C(F)(F)C(F)(F)C(F)(F)F. The predicted molar refractivity (Wildman–Crippen MR) is 94.8 cm³/mol. The van der Waals surface area contributed by atoms with Crippen LogP contribution in [-0.4, -0.2) is 34.2 Å². The zero-order chi connectivity index (χ0) is 24.1. The number of rotatable bonds is 5. The average Bonchev–Trinajstić information content (AvgIpc) is 2.63. The van der Waals surface area contributed by atoms with Gasteiger partial charge < -0.3 is 0 Å². The minimum atomic E-state index is -6.76. The van der Waals surface area contributed by atoms with E-state index < -0.39 is 40.5 Å². The Morgan fingerprint density at radius 1 is 0.839 bits per heavy atom. The van der Waals surface area contributed by atoms with Gasteiger partial charge in [-0.15, -0.1) is 0 Å². The molecule has 11 heteroatoms. The summed E-state index contributed by atoms with van der Waals surface area (Å²) < 4.78 is 112. The van der Waals surface area contributed by atoms with Gasteiger partial charge in [-0.3, -0.25) is 0 Å². The van der Waals surface area contributed by atoms with E-state index in [0.29, 0.717) is 31.4 Å². The van der Waals surface area contributed by atoms with Gasteiger partial charge in [0.15, 0.2) is 0 Å². The molecule has 0 radical (unpaired) electrons. The van der Waals surface area contributed by atoms with E-state index in [1.165, 1.54) is 27.7 Å². The van der Waals surface area contributed by atoms with Gasteiger partial charge in [0.05, 0.1) is 11.6 Å². The molecule has 1 atom stereocenters. The smallest absolute Gasteiger partial charge is 0.246 e. The summed E-state index contributed by atoms with van der Waals surface area (Å²) in [5.74, 6) is -18.0. The summed E-state index contributed by atoms with van der Waals surface area (Å²) in [4.78, 5) is 4.87. The van der Waals surface area contributed by atoms with E-state index in [2.05, 4.69) is 0 Å². The number of alkyl halides is 8. The third kappa shape index (κ3) is 4.12. The molecule has 1 aliphatic heterocycles. The molecule has 0 amide bonds. The second-order valence-corrected chi connectivity index (χ2v) is 8.80. The maximum Gasteiger partial charge on any atom is 0.460 e. The van der Waals surface area contributed by atoms with E-state index in [-0.39, 0.29) is 5.56 Å². The van der Waals surface area contributed by atoms with Gasteiger partial charge >= 0.3 is 23.9 Å². The molecule has 0 spiro atoms. The largest absolute Gasteiger partial charge is 0.460 e. The van der Waals surface area contributed by atoms with Gasteiger partial charge in [0.2, 0.25) is 0 Å². The molecular formula is C20H22F8N2O. The second-order valence-electron chi connectivity index (χ2n) is 8.80. The van der Waals surface area contributed by atoms with Gasteiger partial charge in [-0.2, -0.15) is 45.4 Å². The summed E-state index contributed by atoms with van der Waals surface area (Å²) in [5, 5.41) is 9.56. The Morgan fingerprint density at radius 2 is 1.29 bits per heavy atom. The lowest BCUT2D eigenvalue weighted by atomic mass is 9.82. The van der Waals surface area contributed by atoms with E-state index in [9.17, 15) is 30.7 Å². The zero-order valence-corrected chi connectivity index (χ0v) is 17.3. The number of hydrogen-bond acceptors (Lipinski definition) is 3. The molecule has 1 unspecified atom stereocenters. The summed E-state index contributed by atoms with van der Waals surface area (Å²) in [6.45, 7) is 5.92. The molecule has 1 saturated heterocycles. The quantitative estimate of drug-likeness (QED) is 0.474. The average molecular weight is 458 g/mol. The van der Waals surface area contributed by atoms with Crippen molar-refractivity contribution in [2.45, 2.75) is 81.9 Å². The van der Waals surface area contributed by atoms with Crippen molar-refractivity contribution >= 4 is 0 Å². The van der Waals surface area contributed by atoms with E-state index >= 15 is 4.39 Å². The molecule has 1 aromatic carbocycles. The lowest BCUT2D eigenvalue weighted by Gasteiger charge is -2.54. The number of piperidine rings is 1. The predicted octanol–water partition coefficient (Wildman–Crippen LogP) is 6.49. The van der Waals surface area contributed by atoms with Crippen LogP contribution >= 0.6 is 0 Å². The standard InChI is InChI=1S/C20H22F8N2O/c1-15(2)10-5-11-16(3,4)30(15)31-17(21,14-8-6-13(12-29)7-9-14)18(22,23)19(24,25)20(26,27)28/h6-9H,5,10-11H2,1-4H3. The minimum absolute atomic E-state index is 0.143. The fraction of sp³-hybridized carbons (Fsp3) is 0.650. The van der Waals surface area contributed by atoms with Gasteiger partial charge in [0, 0.05) is 16.6 Å². The monoisotopic (exact) mass is 458 g/mol. The molecule has 3 nitrogen and oxygen atoms in total. The van der Waals surface area contributed by atoms with Crippen LogP contribution in [0, 0.1) is 11.3 Å².